The number of nitro benzene ring substituents is 1. The topological polar surface area (TPSA) is 101 Å². The van der Waals surface area contributed by atoms with Gasteiger partial charge in [0.15, 0.2) is 0 Å². The Morgan fingerprint density at radius 1 is 1.43 bits per heavy atom. The monoisotopic (exact) mass is 292 g/mol. The van der Waals surface area contributed by atoms with E-state index in [-0.39, 0.29) is 11.3 Å². The standard InChI is InChI=1S/C14H16N2O5/c1-9-2-5-11(6-12(9)16(20)21)14(19)15(8-13(17)18)7-10-3-4-10/h2,5-6,10H,3-4,7-8H2,1H3,(H,17,18). The van der Waals surface area contributed by atoms with E-state index in [0.717, 1.165) is 12.8 Å². The molecule has 21 heavy (non-hydrogen) atoms. The molecule has 0 saturated heterocycles. The van der Waals surface area contributed by atoms with Crippen LogP contribution >= 0.6 is 0 Å². The molecule has 0 unspecified atom stereocenters. The van der Waals surface area contributed by atoms with Gasteiger partial charge in [0.2, 0.25) is 0 Å². The molecule has 0 atom stereocenters. The third-order valence-corrected chi connectivity index (χ3v) is 3.44. The third kappa shape index (κ3) is 3.77. The third-order valence-electron chi connectivity index (χ3n) is 3.44. The first-order chi connectivity index (χ1) is 9.88. The molecule has 0 heterocycles. The summed E-state index contributed by atoms with van der Waals surface area (Å²) in [5.41, 5.74) is 0.472. The molecule has 7 heteroatoms. The summed E-state index contributed by atoms with van der Waals surface area (Å²) in [6.07, 6.45) is 1.97. The minimum atomic E-state index is -1.09. The van der Waals surface area contributed by atoms with Gasteiger partial charge in [0.05, 0.1) is 4.92 Å². The maximum atomic E-state index is 12.4. The number of carboxylic acid groups (broad SMARTS) is 1. The number of amides is 1. The van der Waals surface area contributed by atoms with Gasteiger partial charge in [0, 0.05) is 23.7 Å². The highest BCUT2D eigenvalue weighted by Gasteiger charge is 2.29. The summed E-state index contributed by atoms with van der Waals surface area (Å²) in [6, 6.07) is 4.20. The van der Waals surface area contributed by atoms with Crippen molar-refractivity contribution in [3.63, 3.8) is 0 Å². The van der Waals surface area contributed by atoms with Crippen molar-refractivity contribution < 1.29 is 19.6 Å². The van der Waals surface area contributed by atoms with Gasteiger partial charge >= 0.3 is 5.97 Å². The fourth-order valence-electron chi connectivity index (χ4n) is 2.12. The molecule has 112 valence electrons. The molecule has 2 rings (SSSR count). The fourth-order valence-corrected chi connectivity index (χ4v) is 2.12. The van der Waals surface area contributed by atoms with Crippen molar-refractivity contribution >= 4 is 17.6 Å². The van der Waals surface area contributed by atoms with Gasteiger partial charge in [0.1, 0.15) is 6.54 Å². The number of aryl methyl sites for hydroxylation is 1. The van der Waals surface area contributed by atoms with Gasteiger partial charge in [-0.05, 0) is 31.7 Å². The Morgan fingerprint density at radius 2 is 2.10 bits per heavy atom. The van der Waals surface area contributed by atoms with Crippen LogP contribution in [0.25, 0.3) is 0 Å². The predicted octanol–water partition coefficient (Wildman–Crippen LogP) is 1.84. The van der Waals surface area contributed by atoms with Gasteiger partial charge in [-0.15, -0.1) is 0 Å². The summed E-state index contributed by atoms with van der Waals surface area (Å²) < 4.78 is 0. The molecule has 1 aliphatic rings. The second kappa shape index (κ2) is 5.90. The van der Waals surface area contributed by atoms with E-state index < -0.39 is 23.3 Å². The van der Waals surface area contributed by atoms with Crippen LogP contribution in [0, 0.1) is 23.0 Å². The zero-order valence-corrected chi connectivity index (χ0v) is 11.6. The average molecular weight is 292 g/mol. The first-order valence-electron chi connectivity index (χ1n) is 6.64. The lowest BCUT2D eigenvalue weighted by atomic mass is 10.1. The summed E-state index contributed by atoms with van der Waals surface area (Å²) >= 11 is 0. The molecule has 0 spiro atoms. The van der Waals surface area contributed by atoms with Gasteiger partial charge in [-0.3, -0.25) is 19.7 Å². The minimum Gasteiger partial charge on any atom is -0.480 e. The van der Waals surface area contributed by atoms with Crippen molar-refractivity contribution in [2.75, 3.05) is 13.1 Å². The SMILES string of the molecule is Cc1ccc(C(=O)N(CC(=O)O)CC2CC2)cc1[N+](=O)[O-]. The van der Waals surface area contributed by atoms with Crippen molar-refractivity contribution in [1.82, 2.24) is 4.90 Å². The summed E-state index contributed by atoms with van der Waals surface area (Å²) in [6.45, 7) is 1.58. The molecule has 0 aliphatic heterocycles. The number of hydrogen-bond acceptors (Lipinski definition) is 4. The van der Waals surface area contributed by atoms with E-state index in [9.17, 15) is 19.7 Å². The first-order valence-corrected chi connectivity index (χ1v) is 6.64. The number of carboxylic acids is 1. The van der Waals surface area contributed by atoms with Crippen molar-refractivity contribution in [1.29, 1.82) is 0 Å². The molecule has 1 fully saturated rings. The maximum Gasteiger partial charge on any atom is 0.323 e. The van der Waals surface area contributed by atoms with Crippen LogP contribution in [0.1, 0.15) is 28.8 Å². The zero-order chi connectivity index (χ0) is 15.6. The molecule has 1 saturated carbocycles. The second-order valence-electron chi connectivity index (χ2n) is 5.28. The number of rotatable bonds is 6. The van der Waals surface area contributed by atoms with Crippen molar-refractivity contribution in [2.24, 2.45) is 5.92 Å². The Kier molecular flexibility index (Phi) is 4.21. The highest BCUT2D eigenvalue weighted by Crippen LogP contribution is 2.30. The molecule has 1 aliphatic carbocycles. The highest BCUT2D eigenvalue weighted by atomic mass is 16.6. The van der Waals surface area contributed by atoms with Crippen LogP contribution in [-0.2, 0) is 4.79 Å². The average Bonchev–Trinajstić information content (AvgIpc) is 3.21. The summed E-state index contributed by atoms with van der Waals surface area (Å²) in [5, 5.41) is 19.8. The second-order valence-corrected chi connectivity index (χ2v) is 5.28. The van der Waals surface area contributed by atoms with Crippen LogP contribution in [0.4, 0.5) is 5.69 Å². The first kappa shape index (κ1) is 15.0. The Bertz CT molecular complexity index is 595. The molecule has 1 aromatic carbocycles. The van der Waals surface area contributed by atoms with E-state index in [1.165, 1.54) is 23.1 Å². The van der Waals surface area contributed by atoms with E-state index in [1.807, 2.05) is 0 Å². The number of nitro groups is 1. The van der Waals surface area contributed by atoms with Gasteiger partial charge in [-0.1, -0.05) is 6.07 Å². The fraction of sp³-hybridized carbons (Fsp3) is 0.429. The molecule has 1 N–H and O–H groups in total. The molecular formula is C14H16N2O5. The summed E-state index contributed by atoms with van der Waals surface area (Å²) in [4.78, 5) is 34.9. The van der Waals surface area contributed by atoms with Crippen LogP contribution in [-0.4, -0.2) is 39.9 Å². The molecule has 0 aromatic heterocycles. The maximum absolute atomic E-state index is 12.4. The zero-order valence-electron chi connectivity index (χ0n) is 11.6. The quantitative estimate of drug-likeness (QED) is 0.636. The van der Waals surface area contributed by atoms with Gasteiger partial charge in [-0.2, -0.15) is 0 Å². The minimum absolute atomic E-state index is 0.137. The van der Waals surface area contributed by atoms with Gasteiger partial charge < -0.3 is 10.0 Å². The number of carbonyl (C=O) groups excluding carboxylic acids is 1. The Morgan fingerprint density at radius 3 is 2.62 bits per heavy atom. The predicted molar refractivity (Wildman–Crippen MR) is 74.1 cm³/mol. The Balaban J connectivity index is 2.24. The van der Waals surface area contributed by atoms with E-state index >= 15 is 0 Å². The van der Waals surface area contributed by atoms with Crippen LogP contribution in [0.15, 0.2) is 18.2 Å². The van der Waals surface area contributed by atoms with Crippen LogP contribution in [0.3, 0.4) is 0 Å². The van der Waals surface area contributed by atoms with Crippen LogP contribution in [0.5, 0.6) is 0 Å². The molecule has 7 nitrogen and oxygen atoms in total. The molecule has 1 aromatic rings. The summed E-state index contributed by atoms with van der Waals surface area (Å²) in [5.74, 6) is -1.23. The van der Waals surface area contributed by atoms with Gasteiger partial charge in [0.25, 0.3) is 11.6 Å². The number of hydrogen-bond donors (Lipinski definition) is 1. The van der Waals surface area contributed by atoms with Crippen LogP contribution < -0.4 is 0 Å². The number of benzene rings is 1. The lowest BCUT2D eigenvalue weighted by Gasteiger charge is -2.20. The molecule has 0 radical (unpaired) electrons. The molecule has 0 bridgehead atoms. The lowest BCUT2D eigenvalue weighted by Crippen LogP contribution is -2.37. The normalized spacial score (nSPS) is 13.8. The smallest absolute Gasteiger partial charge is 0.323 e. The van der Waals surface area contributed by atoms with Crippen molar-refractivity contribution in [2.45, 2.75) is 19.8 Å². The molecular weight excluding hydrogens is 276 g/mol. The number of aliphatic carboxylic acids is 1. The Labute approximate surface area is 121 Å². The van der Waals surface area contributed by atoms with E-state index in [2.05, 4.69) is 0 Å². The number of carbonyl (C=O) groups is 2. The lowest BCUT2D eigenvalue weighted by molar-refractivity contribution is -0.385. The van der Waals surface area contributed by atoms with E-state index in [1.54, 1.807) is 6.92 Å². The van der Waals surface area contributed by atoms with E-state index in [4.69, 9.17) is 5.11 Å². The van der Waals surface area contributed by atoms with Gasteiger partial charge in [-0.25, -0.2) is 0 Å². The largest absolute Gasteiger partial charge is 0.480 e. The highest BCUT2D eigenvalue weighted by molar-refractivity contribution is 5.96. The van der Waals surface area contributed by atoms with E-state index in [0.29, 0.717) is 18.0 Å². The van der Waals surface area contributed by atoms with Crippen molar-refractivity contribution in [3.8, 4) is 0 Å². The summed E-state index contributed by atoms with van der Waals surface area (Å²) in [7, 11) is 0. The number of nitrogens with zero attached hydrogens (tertiary/aromatic N) is 2. The van der Waals surface area contributed by atoms with Crippen LogP contribution in [0.2, 0.25) is 0 Å². The van der Waals surface area contributed by atoms with Crippen molar-refractivity contribution in [3.05, 3.63) is 39.4 Å². The molecule has 1 amide bonds. The Hall–Kier alpha value is -2.44.